The molecule has 0 bridgehead atoms. The third-order valence-corrected chi connectivity index (χ3v) is 2.98. The van der Waals surface area contributed by atoms with E-state index >= 15 is 0 Å². The predicted molar refractivity (Wildman–Crippen MR) is 83.8 cm³/mol. The largest absolute Gasteiger partial charge is 0.445 e. The summed E-state index contributed by atoms with van der Waals surface area (Å²) in [4.78, 5) is 27.5. The van der Waals surface area contributed by atoms with Crippen LogP contribution >= 0.6 is 0 Å². The zero-order chi connectivity index (χ0) is 16.7. The van der Waals surface area contributed by atoms with E-state index in [-0.39, 0.29) is 24.3 Å². The SMILES string of the molecule is C=CCOC(=O)Nc1cccc(C(=O)Cc2ccncc2)c1F. The van der Waals surface area contributed by atoms with E-state index in [0.717, 1.165) is 5.56 Å². The van der Waals surface area contributed by atoms with Crippen molar-refractivity contribution < 1.29 is 18.7 Å². The van der Waals surface area contributed by atoms with Crippen LogP contribution in [0.25, 0.3) is 0 Å². The minimum absolute atomic E-state index is 0.00805. The summed E-state index contributed by atoms with van der Waals surface area (Å²) >= 11 is 0. The van der Waals surface area contributed by atoms with E-state index in [1.807, 2.05) is 0 Å². The van der Waals surface area contributed by atoms with Gasteiger partial charge in [-0.05, 0) is 29.8 Å². The van der Waals surface area contributed by atoms with Gasteiger partial charge >= 0.3 is 6.09 Å². The Morgan fingerprint density at radius 2 is 2.00 bits per heavy atom. The molecule has 2 rings (SSSR count). The first-order valence-corrected chi connectivity index (χ1v) is 6.87. The number of halogens is 1. The smallest absolute Gasteiger partial charge is 0.412 e. The third-order valence-electron chi connectivity index (χ3n) is 2.98. The first-order valence-electron chi connectivity index (χ1n) is 6.87. The quantitative estimate of drug-likeness (QED) is 0.655. The highest BCUT2D eigenvalue weighted by Gasteiger charge is 2.17. The molecule has 0 aliphatic rings. The van der Waals surface area contributed by atoms with Crippen molar-refractivity contribution in [2.45, 2.75) is 6.42 Å². The van der Waals surface area contributed by atoms with Crippen LogP contribution in [0, 0.1) is 5.82 Å². The van der Waals surface area contributed by atoms with Gasteiger partial charge in [0.25, 0.3) is 0 Å². The molecule has 1 amide bonds. The molecule has 1 aromatic heterocycles. The van der Waals surface area contributed by atoms with Crippen LogP contribution in [0.3, 0.4) is 0 Å². The van der Waals surface area contributed by atoms with Gasteiger partial charge in [-0.3, -0.25) is 15.1 Å². The molecule has 0 aliphatic heterocycles. The van der Waals surface area contributed by atoms with Crippen molar-refractivity contribution in [1.82, 2.24) is 4.98 Å². The Morgan fingerprint density at radius 3 is 2.70 bits per heavy atom. The number of nitrogens with one attached hydrogen (secondary N) is 1. The molecule has 0 saturated carbocycles. The van der Waals surface area contributed by atoms with Gasteiger partial charge in [0.05, 0.1) is 11.3 Å². The molecule has 0 unspecified atom stereocenters. The number of ether oxygens (including phenoxy) is 1. The maximum Gasteiger partial charge on any atom is 0.412 e. The summed E-state index contributed by atoms with van der Waals surface area (Å²) < 4.78 is 19.1. The van der Waals surface area contributed by atoms with Crippen LogP contribution in [0.4, 0.5) is 14.9 Å². The number of nitrogens with zero attached hydrogens (tertiary/aromatic N) is 1. The Kier molecular flexibility index (Phi) is 5.57. The number of rotatable bonds is 6. The molecule has 0 atom stereocenters. The lowest BCUT2D eigenvalue weighted by Gasteiger charge is -2.09. The molecule has 2 aromatic rings. The average Bonchev–Trinajstić information content (AvgIpc) is 2.55. The second-order valence-corrected chi connectivity index (χ2v) is 4.63. The Morgan fingerprint density at radius 1 is 1.26 bits per heavy atom. The van der Waals surface area contributed by atoms with E-state index in [9.17, 15) is 14.0 Å². The molecule has 0 aliphatic carbocycles. The summed E-state index contributed by atoms with van der Waals surface area (Å²) in [5.41, 5.74) is 0.524. The van der Waals surface area contributed by atoms with Crippen molar-refractivity contribution >= 4 is 17.6 Å². The topological polar surface area (TPSA) is 68.3 Å². The number of carbonyl (C=O) groups excluding carboxylic acids is 2. The molecular formula is C17H15FN2O3. The van der Waals surface area contributed by atoms with Gasteiger partial charge in [0.1, 0.15) is 6.61 Å². The fourth-order valence-electron chi connectivity index (χ4n) is 1.91. The summed E-state index contributed by atoms with van der Waals surface area (Å²) in [6, 6.07) is 7.59. The highest BCUT2D eigenvalue weighted by Crippen LogP contribution is 2.20. The molecule has 0 fully saturated rings. The number of carbonyl (C=O) groups is 2. The standard InChI is InChI=1S/C17H15FN2O3/c1-2-10-23-17(22)20-14-5-3-4-13(16(14)18)15(21)11-12-6-8-19-9-7-12/h2-9H,1,10-11H2,(H,20,22). The lowest BCUT2D eigenvalue weighted by Crippen LogP contribution is -2.16. The number of hydrogen-bond acceptors (Lipinski definition) is 4. The van der Waals surface area contributed by atoms with Crippen LogP contribution in [0.2, 0.25) is 0 Å². The predicted octanol–water partition coefficient (Wildman–Crippen LogP) is 3.38. The van der Waals surface area contributed by atoms with Gasteiger partial charge in [-0.2, -0.15) is 0 Å². The van der Waals surface area contributed by atoms with Crippen LogP contribution in [0.1, 0.15) is 15.9 Å². The lowest BCUT2D eigenvalue weighted by atomic mass is 10.0. The van der Waals surface area contributed by atoms with Gasteiger partial charge in [-0.25, -0.2) is 9.18 Å². The molecule has 118 valence electrons. The molecule has 0 radical (unpaired) electrons. The van der Waals surface area contributed by atoms with Crippen LogP contribution in [-0.4, -0.2) is 23.5 Å². The zero-order valence-corrected chi connectivity index (χ0v) is 12.3. The molecule has 6 heteroatoms. The molecule has 23 heavy (non-hydrogen) atoms. The van der Waals surface area contributed by atoms with Gasteiger partial charge in [-0.1, -0.05) is 18.7 Å². The molecule has 5 nitrogen and oxygen atoms in total. The van der Waals surface area contributed by atoms with Crippen molar-refractivity contribution in [2.75, 3.05) is 11.9 Å². The number of anilines is 1. The fourth-order valence-corrected chi connectivity index (χ4v) is 1.91. The van der Waals surface area contributed by atoms with E-state index in [2.05, 4.69) is 16.9 Å². The van der Waals surface area contributed by atoms with E-state index in [1.165, 1.54) is 24.3 Å². The maximum absolute atomic E-state index is 14.4. The second kappa shape index (κ2) is 7.84. The number of pyridine rings is 1. The zero-order valence-electron chi connectivity index (χ0n) is 12.3. The third kappa shape index (κ3) is 4.47. The number of hydrogen-bond donors (Lipinski definition) is 1. The minimum atomic E-state index is -0.817. The molecular weight excluding hydrogens is 299 g/mol. The number of aromatic nitrogens is 1. The van der Waals surface area contributed by atoms with Crippen LogP contribution < -0.4 is 5.32 Å². The summed E-state index contributed by atoms with van der Waals surface area (Å²) in [6.45, 7) is 3.41. The van der Waals surface area contributed by atoms with Gasteiger partial charge in [0, 0.05) is 18.8 Å². The first-order chi connectivity index (χ1) is 11.1. The number of benzene rings is 1. The van der Waals surface area contributed by atoms with Crippen molar-refractivity contribution in [2.24, 2.45) is 0 Å². The molecule has 1 N–H and O–H groups in total. The lowest BCUT2D eigenvalue weighted by molar-refractivity contribution is 0.0989. The van der Waals surface area contributed by atoms with E-state index < -0.39 is 17.7 Å². The van der Waals surface area contributed by atoms with Crippen molar-refractivity contribution in [3.05, 3.63) is 72.3 Å². The number of ketones is 1. The highest BCUT2D eigenvalue weighted by atomic mass is 19.1. The van der Waals surface area contributed by atoms with Gasteiger partial charge < -0.3 is 4.74 Å². The van der Waals surface area contributed by atoms with Gasteiger partial charge in [-0.15, -0.1) is 0 Å². The number of amides is 1. The van der Waals surface area contributed by atoms with Crippen LogP contribution in [0.15, 0.2) is 55.4 Å². The van der Waals surface area contributed by atoms with Crippen molar-refractivity contribution in [3.8, 4) is 0 Å². The van der Waals surface area contributed by atoms with E-state index in [1.54, 1.807) is 24.5 Å². The first kappa shape index (κ1) is 16.4. The Balaban J connectivity index is 2.14. The number of Topliss-reactive ketones (excluding diaryl/α,β-unsaturated/α-hetero) is 1. The molecule has 1 heterocycles. The fraction of sp³-hybridized carbons (Fsp3) is 0.118. The van der Waals surface area contributed by atoms with Crippen LogP contribution in [-0.2, 0) is 11.2 Å². The average molecular weight is 314 g/mol. The van der Waals surface area contributed by atoms with E-state index in [4.69, 9.17) is 4.74 Å². The summed E-state index contributed by atoms with van der Waals surface area (Å²) in [5.74, 6) is -1.18. The molecule has 0 spiro atoms. The Labute approximate surface area is 132 Å². The summed E-state index contributed by atoms with van der Waals surface area (Å²) in [5, 5.41) is 2.26. The van der Waals surface area contributed by atoms with Gasteiger partial charge in [0.2, 0.25) is 0 Å². The Hall–Kier alpha value is -3.02. The highest BCUT2D eigenvalue weighted by molar-refractivity contribution is 5.99. The van der Waals surface area contributed by atoms with E-state index in [0.29, 0.717) is 0 Å². The maximum atomic E-state index is 14.4. The van der Waals surface area contributed by atoms with Gasteiger partial charge in [0.15, 0.2) is 11.6 Å². The molecule has 0 saturated heterocycles. The summed E-state index contributed by atoms with van der Waals surface area (Å²) in [6.07, 6.45) is 3.75. The second-order valence-electron chi connectivity index (χ2n) is 4.63. The van der Waals surface area contributed by atoms with Crippen LogP contribution in [0.5, 0.6) is 0 Å². The minimum Gasteiger partial charge on any atom is -0.445 e. The normalized spacial score (nSPS) is 9.96. The van der Waals surface area contributed by atoms with Crippen molar-refractivity contribution in [3.63, 3.8) is 0 Å². The molecule has 1 aromatic carbocycles. The monoisotopic (exact) mass is 314 g/mol. The van der Waals surface area contributed by atoms with Crippen molar-refractivity contribution in [1.29, 1.82) is 0 Å². The summed E-state index contributed by atoms with van der Waals surface area (Å²) in [7, 11) is 0. The Bertz CT molecular complexity index is 717.